The summed E-state index contributed by atoms with van der Waals surface area (Å²) in [5.74, 6) is -2.27. The minimum absolute atomic E-state index is 0.00643. The van der Waals surface area contributed by atoms with Crippen molar-refractivity contribution in [1.29, 1.82) is 0 Å². The molecule has 5 rings (SSSR count). The van der Waals surface area contributed by atoms with Crippen LogP contribution in [0.1, 0.15) is 42.2 Å². The molecule has 10 heteroatoms. The van der Waals surface area contributed by atoms with Gasteiger partial charge in [0.25, 0.3) is 28.9 Å². The van der Waals surface area contributed by atoms with E-state index in [9.17, 15) is 28.4 Å². The van der Waals surface area contributed by atoms with Gasteiger partial charge < -0.3 is 5.32 Å². The lowest BCUT2D eigenvalue weighted by molar-refractivity contribution is -0.122. The Morgan fingerprint density at radius 1 is 0.842 bits per heavy atom. The zero-order chi connectivity index (χ0) is 26.8. The van der Waals surface area contributed by atoms with Crippen LogP contribution < -0.4 is 5.32 Å². The Balaban J connectivity index is 1.19. The van der Waals surface area contributed by atoms with Crippen LogP contribution in [-0.2, 0) is 11.3 Å². The third-order valence-corrected chi connectivity index (χ3v) is 7.00. The minimum Gasteiger partial charge on any atom is -0.350 e. The van der Waals surface area contributed by atoms with Gasteiger partial charge in [0.2, 0.25) is 0 Å². The second-order valence-corrected chi connectivity index (χ2v) is 9.55. The van der Waals surface area contributed by atoms with Crippen LogP contribution in [0.5, 0.6) is 0 Å². The molecule has 3 aromatic carbocycles. The highest BCUT2D eigenvalue weighted by atomic mass is 32.2. The molecule has 3 aromatic rings. The molecule has 0 aromatic heterocycles. The number of halogens is 1. The lowest BCUT2D eigenvalue weighted by Gasteiger charge is -2.15. The van der Waals surface area contributed by atoms with Gasteiger partial charge in [0.1, 0.15) is 5.82 Å². The predicted molar refractivity (Wildman–Crippen MR) is 138 cm³/mol. The van der Waals surface area contributed by atoms with Gasteiger partial charge in [0.15, 0.2) is 0 Å². The van der Waals surface area contributed by atoms with Gasteiger partial charge in [-0.15, -0.1) is 0 Å². The highest BCUT2D eigenvalue weighted by Crippen LogP contribution is 2.32. The monoisotopic (exact) mass is 529 g/mol. The number of rotatable bonds is 7. The first-order valence-electron chi connectivity index (χ1n) is 11.7. The van der Waals surface area contributed by atoms with Crippen molar-refractivity contribution in [2.45, 2.75) is 6.54 Å². The number of hydrogen-bond acceptors (Lipinski definition) is 6. The fourth-order valence-corrected chi connectivity index (χ4v) is 5.04. The predicted octanol–water partition coefficient (Wildman–Crippen LogP) is 4.09. The lowest BCUT2D eigenvalue weighted by atomic mass is 10.1. The second-order valence-electron chi connectivity index (χ2n) is 8.55. The van der Waals surface area contributed by atoms with Crippen molar-refractivity contribution in [3.63, 3.8) is 0 Å². The van der Waals surface area contributed by atoms with E-state index < -0.39 is 22.9 Å². The molecule has 1 N–H and O–H groups in total. The highest BCUT2D eigenvalue weighted by molar-refractivity contribution is 8.18. The van der Waals surface area contributed by atoms with Crippen LogP contribution in [0, 0.1) is 5.82 Å². The first-order valence-corrected chi connectivity index (χ1v) is 12.5. The maximum atomic E-state index is 13.9. The van der Waals surface area contributed by atoms with E-state index in [1.54, 1.807) is 54.6 Å². The van der Waals surface area contributed by atoms with Crippen LogP contribution in [0.4, 0.5) is 9.18 Å². The molecule has 0 saturated carbocycles. The molecule has 190 valence electrons. The average molecular weight is 530 g/mol. The second kappa shape index (κ2) is 10.4. The summed E-state index contributed by atoms with van der Waals surface area (Å²) in [5.41, 5.74) is 1.79. The Bertz CT molecular complexity index is 1500. The summed E-state index contributed by atoms with van der Waals surface area (Å²) in [6.07, 6.45) is 1.33. The van der Waals surface area contributed by atoms with Crippen molar-refractivity contribution in [3.05, 3.63) is 111 Å². The largest absolute Gasteiger partial charge is 0.350 e. The zero-order valence-electron chi connectivity index (χ0n) is 19.8. The van der Waals surface area contributed by atoms with E-state index in [4.69, 9.17) is 0 Å². The maximum absolute atomic E-state index is 13.9. The number of thioether (sulfide) groups is 1. The van der Waals surface area contributed by atoms with E-state index in [-0.39, 0.29) is 41.9 Å². The Labute approximate surface area is 221 Å². The Morgan fingerprint density at radius 3 is 2.24 bits per heavy atom. The van der Waals surface area contributed by atoms with E-state index in [1.165, 1.54) is 24.3 Å². The number of carbonyl (C=O) groups excluding carboxylic acids is 5. The van der Waals surface area contributed by atoms with Gasteiger partial charge in [-0.3, -0.25) is 33.8 Å². The maximum Gasteiger partial charge on any atom is 0.293 e. The number of nitrogens with zero attached hydrogens (tertiary/aromatic N) is 2. The van der Waals surface area contributed by atoms with E-state index in [0.29, 0.717) is 34.0 Å². The summed E-state index contributed by atoms with van der Waals surface area (Å²) in [6, 6.07) is 19.0. The summed E-state index contributed by atoms with van der Waals surface area (Å²) < 4.78 is 13.9. The fourth-order valence-electron chi connectivity index (χ4n) is 4.19. The van der Waals surface area contributed by atoms with Gasteiger partial charge in [0, 0.05) is 24.2 Å². The molecule has 1 fully saturated rings. The van der Waals surface area contributed by atoms with Gasteiger partial charge in [-0.25, -0.2) is 4.39 Å². The Morgan fingerprint density at radius 2 is 1.53 bits per heavy atom. The van der Waals surface area contributed by atoms with Crippen LogP contribution in [0.15, 0.2) is 77.7 Å². The van der Waals surface area contributed by atoms with E-state index >= 15 is 0 Å². The third kappa shape index (κ3) is 4.85. The van der Waals surface area contributed by atoms with E-state index in [0.717, 1.165) is 9.80 Å². The molecule has 0 aliphatic carbocycles. The van der Waals surface area contributed by atoms with Crippen molar-refractivity contribution >= 4 is 46.7 Å². The molecule has 38 heavy (non-hydrogen) atoms. The van der Waals surface area contributed by atoms with Gasteiger partial charge in [-0.05, 0) is 53.7 Å². The van der Waals surface area contributed by atoms with E-state index in [2.05, 4.69) is 5.32 Å². The summed E-state index contributed by atoms with van der Waals surface area (Å²) in [7, 11) is 0. The first kappa shape index (κ1) is 25.1. The van der Waals surface area contributed by atoms with Crippen LogP contribution >= 0.6 is 11.8 Å². The van der Waals surface area contributed by atoms with Gasteiger partial charge in [0.05, 0.1) is 22.6 Å². The lowest BCUT2D eigenvalue weighted by Crippen LogP contribution is -2.37. The molecular formula is C28H20FN3O5S. The molecule has 1 saturated heterocycles. The van der Waals surface area contributed by atoms with Gasteiger partial charge in [-0.1, -0.05) is 42.5 Å². The topological polar surface area (TPSA) is 104 Å². The fraction of sp³-hybridized carbons (Fsp3) is 0.107. The quantitative estimate of drug-likeness (QED) is 0.365. The highest BCUT2D eigenvalue weighted by Gasteiger charge is 2.36. The molecule has 5 amide bonds. The number of fused-ring (bicyclic) bond motifs is 1. The summed E-state index contributed by atoms with van der Waals surface area (Å²) in [5, 5.41) is 2.17. The molecule has 2 heterocycles. The van der Waals surface area contributed by atoms with E-state index in [1.807, 2.05) is 0 Å². The molecule has 0 radical (unpaired) electrons. The Kier molecular flexibility index (Phi) is 6.89. The standard InChI is InChI=1S/C28H20FN3O5S/c29-22-11-4-1-7-18(22)15-23-27(36)31(28(37)38-23)13-12-30-24(33)19-8-5-6-17(14-19)16-32-25(34)20-9-2-3-10-21(20)26(32)35/h1-11,14-15H,12-13,16H2,(H,30,33)/b23-15+. The SMILES string of the molecule is O=C(NCCN1C(=O)S/C(=C/c2ccccc2F)C1=O)c1cccc(CN2C(=O)c3ccccc3C2=O)c1. The number of amides is 5. The average Bonchev–Trinajstić information content (AvgIpc) is 3.32. The molecule has 0 atom stereocenters. The molecule has 8 nitrogen and oxygen atoms in total. The zero-order valence-corrected chi connectivity index (χ0v) is 20.7. The smallest absolute Gasteiger partial charge is 0.293 e. The number of benzene rings is 3. The summed E-state index contributed by atoms with van der Waals surface area (Å²) >= 11 is 0.713. The van der Waals surface area contributed by atoms with Gasteiger partial charge in [-0.2, -0.15) is 0 Å². The summed E-state index contributed by atoms with van der Waals surface area (Å²) in [4.78, 5) is 65.2. The van der Waals surface area contributed by atoms with Gasteiger partial charge >= 0.3 is 0 Å². The van der Waals surface area contributed by atoms with Crippen molar-refractivity contribution in [2.24, 2.45) is 0 Å². The van der Waals surface area contributed by atoms with Crippen molar-refractivity contribution < 1.29 is 28.4 Å². The number of hydrogen-bond donors (Lipinski definition) is 1. The first-order chi connectivity index (χ1) is 18.3. The molecule has 0 spiro atoms. The Hall–Kier alpha value is -4.57. The van der Waals surface area contributed by atoms with Crippen LogP contribution in [0.2, 0.25) is 0 Å². The third-order valence-electron chi connectivity index (χ3n) is 6.09. The summed E-state index contributed by atoms with van der Waals surface area (Å²) in [6.45, 7) is -0.0369. The molecule has 2 aliphatic rings. The minimum atomic E-state index is -0.555. The van der Waals surface area contributed by atoms with Crippen molar-refractivity contribution in [3.8, 4) is 0 Å². The van der Waals surface area contributed by atoms with Crippen LogP contribution in [0.3, 0.4) is 0 Å². The molecular weight excluding hydrogens is 509 g/mol. The normalized spacial score (nSPS) is 16.0. The van der Waals surface area contributed by atoms with Crippen LogP contribution in [-0.4, -0.2) is 51.8 Å². The number of carbonyl (C=O) groups is 5. The number of nitrogens with one attached hydrogen (secondary N) is 1. The molecule has 0 unspecified atom stereocenters. The van der Waals surface area contributed by atoms with Crippen molar-refractivity contribution in [1.82, 2.24) is 15.1 Å². The van der Waals surface area contributed by atoms with Crippen molar-refractivity contribution in [2.75, 3.05) is 13.1 Å². The van der Waals surface area contributed by atoms with Crippen LogP contribution in [0.25, 0.3) is 6.08 Å². The molecule has 2 aliphatic heterocycles. The molecule has 0 bridgehead atoms. The number of imide groups is 2.